The molecule has 3 atom stereocenters. The number of nitrogens with zero attached hydrogens (tertiary/aromatic N) is 2. The molecule has 0 aromatic rings. The van der Waals surface area contributed by atoms with Crippen LogP contribution in [-0.4, -0.2) is 85.2 Å². The van der Waals surface area contributed by atoms with Crippen molar-refractivity contribution < 1.29 is 23.9 Å². The molecule has 3 saturated heterocycles. The highest BCUT2D eigenvalue weighted by Crippen LogP contribution is 2.27. The van der Waals surface area contributed by atoms with Crippen LogP contribution < -0.4 is 5.32 Å². The van der Waals surface area contributed by atoms with Gasteiger partial charge in [0.1, 0.15) is 18.7 Å². The third kappa shape index (κ3) is 4.17. The third-order valence-electron chi connectivity index (χ3n) is 5.23. The van der Waals surface area contributed by atoms with Gasteiger partial charge < -0.3 is 24.6 Å². The number of carbonyl (C=O) groups excluding carboxylic acids is 3. The summed E-state index contributed by atoms with van der Waals surface area (Å²) in [6.07, 6.45) is 1.95. The van der Waals surface area contributed by atoms with E-state index in [0.717, 1.165) is 12.8 Å². The van der Waals surface area contributed by atoms with Gasteiger partial charge in [0.05, 0.1) is 19.3 Å². The smallest absolute Gasteiger partial charge is 0.318 e. The number of morpholine rings is 1. The molecule has 8 heteroatoms. The lowest BCUT2D eigenvalue weighted by atomic mass is 9.95. The van der Waals surface area contributed by atoms with Crippen LogP contribution in [0.4, 0.5) is 4.79 Å². The molecular weight excluding hydrogens is 338 g/mol. The molecule has 3 heterocycles. The number of nitrogens with one attached hydrogen (secondary N) is 1. The number of hydrogen-bond acceptors (Lipinski definition) is 5. The number of Topliss-reactive ketones (excluding diaryl/α,β-unsaturated/α-hetero) is 1. The number of carbonyl (C=O) groups is 3. The zero-order chi connectivity index (χ0) is 18.7. The lowest BCUT2D eigenvalue weighted by Crippen LogP contribution is -2.59. The molecule has 8 nitrogen and oxygen atoms in total. The summed E-state index contributed by atoms with van der Waals surface area (Å²) in [6.45, 7) is 6.72. The molecule has 3 fully saturated rings. The SMILES string of the molecule is CC(C)CC(NC(=O)N1CCOCC1)C(=O)N1CCCC2OCC(=O)C21. The predicted octanol–water partition coefficient (Wildman–Crippen LogP) is 0.402. The van der Waals surface area contributed by atoms with Gasteiger partial charge in [0.15, 0.2) is 5.78 Å². The average Bonchev–Trinajstić information content (AvgIpc) is 3.02. The summed E-state index contributed by atoms with van der Waals surface area (Å²) >= 11 is 0. The standard InChI is InChI=1S/C18H29N3O5/c1-12(2)10-13(19-18(24)20-6-8-25-9-7-20)17(23)21-5-3-4-15-16(21)14(22)11-26-15/h12-13,15-16H,3-11H2,1-2H3,(H,19,24). The van der Waals surface area contributed by atoms with E-state index in [2.05, 4.69) is 5.32 Å². The van der Waals surface area contributed by atoms with Crippen molar-refractivity contribution in [2.24, 2.45) is 5.92 Å². The monoisotopic (exact) mass is 367 g/mol. The topological polar surface area (TPSA) is 88.2 Å². The summed E-state index contributed by atoms with van der Waals surface area (Å²) in [6, 6.07) is -1.36. The first kappa shape index (κ1) is 19.1. The summed E-state index contributed by atoms with van der Waals surface area (Å²) in [5.41, 5.74) is 0. The number of piperidine rings is 1. The Morgan fingerprint density at radius 2 is 1.96 bits per heavy atom. The van der Waals surface area contributed by atoms with E-state index in [0.29, 0.717) is 39.3 Å². The minimum absolute atomic E-state index is 0.0362. The van der Waals surface area contributed by atoms with Crippen molar-refractivity contribution in [3.8, 4) is 0 Å². The Balaban J connectivity index is 1.70. The van der Waals surface area contributed by atoms with Crippen molar-refractivity contribution in [3.05, 3.63) is 0 Å². The Morgan fingerprint density at radius 3 is 2.65 bits per heavy atom. The van der Waals surface area contributed by atoms with E-state index in [1.54, 1.807) is 9.80 Å². The summed E-state index contributed by atoms with van der Waals surface area (Å²) in [7, 11) is 0. The second-order valence-electron chi connectivity index (χ2n) is 7.67. The maximum Gasteiger partial charge on any atom is 0.318 e. The first-order valence-corrected chi connectivity index (χ1v) is 9.55. The minimum Gasteiger partial charge on any atom is -0.378 e. The van der Waals surface area contributed by atoms with Crippen LogP contribution in [0.1, 0.15) is 33.1 Å². The van der Waals surface area contributed by atoms with Crippen molar-refractivity contribution >= 4 is 17.7 Å². The molecular formula is C18H29N3O5. The van der Waals surface area contributed by atoms with Crippen molar-refractivity contribution in [3.63, 3.8) is 0 Å². The fraction of sp³-hybridized carbons (Fsp3) is 0.833. The first-order chi connectivity index (χ1) is 12.5. The van der Waals surface area contributed by atoms with Gasteiger partial charge in [0.25, 0.3) is 0 Å². The van der Waals surface area contributed by atoms with E-state index < -0.39 is 12.1 Å². The molecule has 0 aromatic heterocycles. The molecule has 0 radical (unpaired) electrons. The number of ketones is 1. The second-order valence-corrected chi connectivity index (χ2v) is 7.67. The lowest BCUT2D eigenvalue weighted by Gasteiger charge is -2.38. The molecule has 0 aliphatic carbocycles. The highest BCUT2D eigenvalue weighted by Gasteiger charge is 2.45. The molecule has 3 rings (SSSR count). The van der Waals surface area contributed by atoms with Gasteiger partial charge in [-0.15, -0.1) is 0 Å². The van der Waals surface area contributed by atoms with E-state index in [1.165, 1.54) is 0 Å². The largest absolute Gasteiger partial charge is 0.378 e. The van der Waals surface area contributed by atoms with E-state index in [9.17, 15) is 14.4 Å². The highest BCUT2D eigenvalue weighted by atomic mass is 16.5. The van der Waals surface area contributed by atoms with Crippen molar-refractivity contribution in [1.82, 2.24) is 15.1 Å². The van der Waals surface area contributed by atoms with Crippen molar-refractivity contribution in [2.75, 3.05) is 39.5 Å². The van der Waals surface area contributed by atoms with Crippen LogP contribution in [0.15, 0.2) is 0 Å². The molecule has 0 spiro atoms. The maximum atomic E-state index is 13.2. The highest BCUT2D eigenvalue weighted by molar-refractivity contribution is 5.94. The van der Waals surface area contributed by atoms with Gasteiger partial charge in [-0.1, -0.05) is 13.8 Å². The number of ether oxygens (including phenoxy) is 2. The Bertz CT molecular complexity index is 547. The van der Waals surface area contributed by atoms with E-state index in [-0.39, 0.29) is 36.4 Å². The minimum atomic E-state index is -0.627. The van der Waals surface area contributed by atoms with Gasteiger partial charge in [-0.2, -0.15) is 0 Å². The van der Waals surface area contributed by atoms with E-state index >= 15 is 0 Å². The molecule has 26 heavy (non-hydrogen) atoms. The Labute approximate surface area is 154 Å². The van der Waals surface area contributed by atoms with E-state index in [4.69, 9.17) is 9.47 Å². The van der Waals surface area contributed by atoms with Crippen LogP contribution in [0.25, 0.3) is 0 Å². The van der Waals surface area contributed by atoms with Crippen molar-refractivity contribution in [2.45, 2.75) is 51.3 Å². The zero-order valence-electron chi connectivity index (χ0n) is 15.6. The quantitative estimate of drug-likeness (QED) is 0.777. The Morgan fingerprint density at radius 1 is 1.23 bits per heavy atom. The molecule has 3 amide bonds. The normalized spacial score (nSPS) is 27.4. The van der Waals surface area contributed by atoms with Crippen molar-refractivity contribution in [1.29, 1.82) is 0 Å². The lowest BCUT2D eigenvalue weighted by molar-refractivity contribution is -0.142. The zero-order valence-corrected chi connectivity index (χ0v) is 15.6. The number of fused-ring (bicyclic) bond motifs is 1. The molecule has 1 N–H and O–H groups in total. The average molecular weight is 367 g/mol. The van der Waals surface area contributed by atoms with Crippen LogP contribution in [0.3, 0.4) is 0 Å². The van der Waals surface area contributed by atoms with Crippen LogP contribution in [-0.2, 0) is 19.1 Å². The van der Waals surface area contributed by atoms with Crippen LogP contribution in [0.2, 0.25) is 0 Å². The summed E-state index contributed by atoms with van der Waals surface area (Å²) in [5, 5.41) is 2.90. The summed E-state index contributed by atoms with van der Waals surface area (Å²) < 4.78 is 10.8. The van der Waals surface area contributed by atoms with Gasteiger partial charge in [0, 0.05) is 19.6 Å². The Kier molecular flexibility index (Phi) is 6.13. The molecule has 0 bridgehead atoms. The number of rotatable bonds is 4. The van der Waals surface area contributed by atoms with Gasteiger partial charge >= 0.3 is 6.03 Å². The fourth-order valence-electron chi connectivity index (χ4n) is 3.94. The van der Waals surface area contributed by atoms with Crippen LogP contribution in [0.5, 0.6) is 0 Å². The van der Waals surface area contributed by atoms with Gasteiger partial charge in [-0.3, -0.25) is 9.59 Å². The van der Waals surface area contributed by atoms with Gasteiger partial charge in [-0.25, -0.2) is 4.79 Å². The number of likely N-dealkylation sites (tertiary alicyclic amines) is 1. The first-order valence-electron chi connectivity index (χ1n) is 9.55. The predicted molar refractivity (Wildman–Crippen MR) is 93.6 cm³/mol. The van der Waals surface area contributed by atoms with E-state index in [1.807, 2.05) is 13.8 Å². The van der Waals surface area contributed by atoms with Gasteiger partial charge in [0.2, 0.25) is 5.91 Å². The molecule has 3 aliphatic rings. The second kappa shape index (κ2) is 8.35. The molecule has 146 valence electrons. The Hall–Kier alpha value is -1.67. The molecule has 3 aliphatic heterocycles. The molecule has 3 unspecified atom stereocenters. The number of hydrogen-bond donors (Lipinski definition) is 1. The van der Waals surface area contributed by atoms with Gasteiger partial charge in [-0.05, 0) is 25.2 Å². The number of amides is 3. The van der Waals surface area contributed by atoms with Crippen LogP contribution in [0, 0.1) is 5.92 Å². The third-order valence-corrected chi connectivity index (χ3v) is 5.23. The maximum absolute atomic E-state index is 13.2. The fourth-order valence-corrected chi connectivity index (χ4v) is 3.94. The summed E-state index contributed by atoms with van der Waals surface area (Å²) in [5.74, 6) is 0.0322. The molecule has 0 aromatic carbocycles. The number of urea groups is 1. The van der Waals surface area contributed by atoms with Crippen LogP contribution >= 0.6 is 0 Å². The molecule has 0 saturated carbocycles. The summed E-state index contributed by atoms with van der Waals surface area (Å²) in [4.78, 5) is 41.3.